The Morgan fingerprint density at radius 2 is 2.12 bits per heavy atom. The topological polar surface area (TPSA) is 63.7 Å². The summed E-state index contributed by atoms with van der Waals surface area (Å²) < 4.78 is 32.0. The number of methoxy groups -OCH3 is 1. The lowest BCUT2D eigenvalue weighted by molar-refractivity contribution is 0.0872. The Labute approximate surface area is 152 Å². The third kappa shape index (κ3) is 3.63. The number of benzene rings is 1. The predicted octanol–water partition coefficient (Wildman–Crippen LogP) is 3.35. The average Bonchev–Trinajstić information content (AvgIpc) is 3.16. The van der Waals surface area contributed by atoms with Crippen molar-refractivity contribution >= 4 is 27.1 Å². The normalized spacial score (nSPS) is 18.9. The highest BCUT2D eigenvalue weighted by atomic mass is 32.2. The molecule has 1 aromatic heterocycles. The first-order chi connectivity index (χ1) is 11.9. The highest BCUT2D eigenvalue weighted by Crippen LogP contribution is 2.28. The van der Waals surface area contributed by atoms with Gasteiger partial charge in [-0.25, -0.2) is 8.42 Å². The number of ketones is 1. The van der Waals surface area contributed by atoms with Crippen molar-refractivity contribution in [2.24, 2.45) is 5.92 Å². The molecule has 0 N–H and O–H groups in total. The van der Waals surface area contributed by atoms with Crippen LogP contribution in [0.5, 0.6) is 5.75 Å². The number of hydrogen-bond donors (Lipinski definition) is 0. The first-order valence-electron chi connectivity index (χ1n) is 8.14. The molecular weight excluding hydrogens is 358 g/mol. The van der Waals surface area contributed by atoms with E-state index in [0.717, 1.165) is 5.56 Å². The molecule has 1 saturated heterocycles. The molecule has 2 heterocycles. The van der Waals surface area contributed by atoms with Crippen LogP contribution in [-0.2, 0) is 10.0 Å². The maximum atomic E-state index is 12.9. The molecule has 0 radical (unpaired) electrons. The minimum Gasteiger partial charge on any atom is -0.497 e. The van der Waals surface area contributed by atoms with Gasteiger partial charge in [-0.05, 0) is 55.0 Å². The van der Waals surface area contributed by atoms with Gasteiger partial charge in [0, 0.05) is 30.0 Å². The second-order valence-corrected chi connectivity index (χ2v) is 8.92. The average molecular weight is 380 g/mol. The standard InChI is InChI=1S/C18H21NO4S2/c1-13-10-15(23-2)5-6-17(13)18(20)14-4-3-8-19(11-14)25(21,22)16-7-9-24-12-16/h5-7,9-10,12,14H,3-4,8,11H2,1-2H3/t14-/m0/s1. The van der Waals surface area contributed by atoms with Crippen LogP contribution in [0.4, 0.5) is 0 Å². The number of nitrogens with zero attached hydrogens (tertiary/aromatic N) is 1. The summed E-state index contributed by atoms with van der Waals surface area (Å²) in [6.07, 6.45) is 1.40. The zero-order valence-corrected chi connectivity index (χ0v) is 15.9. The largest absolute Gasteiger partial charge is 0.497 e. The molecule has 2 aromatic rings. The van der Waals surface area contributed by atoms with E-state index < -0.39 is 10.0 Å². The fourth-order valence-electron chi connectivity index (χ4n) is 3.18. The molecule has 25 heavy (non-hydrogen) atoms. The van der Waals surface area contributed by atoms with Crippen LogP contribution in [0.15, 0.2) is 39.9 Å². The lowest BCUT2D eigenvalue weighted by Crippen LogP contribution is -2.42. The fourth-order valence-corrected chi connectivity index (χ4v) is 5.72. The minimum atomic E-state index is -3.52. The smallest absolute Gasteiger partial charge is 0.243 e. The van der Waals surface area contributed by atoms with Gasteiger partial charge in [0.2, 0.25) is 10.0 Å². The van der Waals surface area contributed by atoms with Gasteiger partial charge in [-0.3, -0.25) is 4.79 Å². The summed E-state index contributed by atoms with van der Waals surface area (Å²) in [5, 5.41) is 3.38. The molecule has 0 unspecified atom stereocenters. The molecule has 0 amide bonds. The van der Waals surface area contributed by atoms with Crippen molar-refractivity contribution in [1.82, 2.24) is 4.31 Å². The third-order valence-electron chi connectivity index (χ3n) is 4.59. The predicted molar refractivity (Wildman–Crippen MR) is 97.9 cm³/mol. The molecule has 5 nitrogen and oxygen atoms in total. The quantitative estimate of drug-likeness (QED) is 0.748. The Morgan fingerprint density at radius 1 is 1.32 bits per heavy atom. The lowest BCUT2D eigenvalue weighted by Gasteiger charge is -2.31. The van der Waals surface area contributed by atoms with Gasteiger partial charge < -0.3 is 4.74 Å². The van der Waals surface area contributed by atoms with E-state index in [2.05, 4.69) is 0 Å². The summed E-state index contributed by atoms with van der Waals surface area (Å²) in [6.45, 7) is 2.57. The molecule has 1 fully saturated rings. The van der Waals surface area contributed by atoms with Crippen LogP contribution < -0.4 is 4.74 Å². The SMILES string of the molecule is COc1ccc(C(=O)[C@H]2CCCN(S(=O)(=O)c3ccsc3)C2)c(C)c1. The Balaban J connectivity index is 1.81. The number of sulfonamides is 1. The van der Waals surface area contributed by atoms with Gasteiger partial charge in [0.1, 0.15) is 5.75 Å². The molecule has 0 saturated carbocycles. The van der Waals surface area contributed by atoms with E-state index in [1.165, 1.54) is 15.6 Å². The summed E-state index contributed by atoms with van der Waals surface area (Å²) in [5.41, 5.74) is 1.49. The first-order valence-corrected chi connectivity index (χ1v) is 10.5. The lowest BCUT2D eigenvalue weighted by atomic mass is 9.89. The Bertz CT molecular complexity index is 859. The number of aryl methyl sites for hydroxylation is 1. The first kappa shape index (κ1) is 18.1. The molecule has 1 aromatic carbocycles. The molecule has 1 aliphatic heterocycles. The van der Waals surface area contributed by atoms with Crippen LogP contribution in [0, 0.1) is 12.8 Å². The van der Waals surface area contributed by atoms with Crippen molar-refractivity contribution in [2.75, 3.05) is 20.2 Å². The number of rotatable bonds is 5. The Morgan fingerprint density at radius 3 is 2.76 bits per heavy atom. The van der Waals surface area contributed by atoms with Crippen molar-refractivity contribution < 1.29 is 17.9 Å². The number of Topliss-reactive ketones (excluding diaryl/α,β-unsaturated/α-hetero) is 1. The second kappa shape index (κ2) is 7.27. The zero-order chi connectivity index (χ0) is 18.0. The monoisotopic (exact) mass is 379 g/mol. The number of carbonyl (C=O) groups is 1. The molecule has 0 spiro atoms. The fraction of sp³-hybridized carbons (Fsp3) is 0.389. The van der Waals surface area contributed by atoms with Crippen LogP contribution in [0.2, 0.25) is 0 Å². The van der Waals surface area contributed by atoms with Crippen LogP contribution in [0.25, 0.3) is 0 Å². The maximum absolute atomic E-state index is 12.9. The highest BCUT2D eigenvalue weighted by molar-refractivity contribution is 7.89. The van der Waals surface area contributed by atoms with Gasteiger partial charge in [0.15, 0.2) is 5.78 Å². The van der Waals surface area contributed by atoms with E-state index in [9.17, 15) is 13.2 Å². The summed E-state index contributed by atoms with van der Waals surface area (Å²) in [6, 6.07) is 6.97. The van der Waals surface area contributed by atoms with E-state index in [1.54, 1.807) is 36.1 Å². The van der Waals surface area contributed by atoms with Crippen molar-refractivity contribution in [3.63, 3.8) is 0 Å². The van der Waals surface area contributed by atoms with E-state index in [1.807, 2.05) is 13.0 Å². The maximum Gasteiger partial charge on any atom is 0.243 e. The van der Waals surface area contributed by atoms with Gasteiger partial charge in [-0.1, -0.05) is 0 Å². The molecule has 0 aliphatic carbocycles. The number of piperidine rings is 1. The molecule has 7 heteroatoms. The number of hydrogen-bond acceptors (Lipinski definition) is 5. The molecule has 1 aliphatic rings. The summed E-state index contributed by atoms with van der Waals surface area (Å²) >= 11 is 1.36. The number of ether oxygens (including phenoxy) is 1. The van der Waals surface area contributed by atoms with Crippen molar-refractivity contribution in [2.45, 2.75) is 24.7 Å². The molecule has 134 valence electrons. The van der Waals surface area contributed by atoms with Crippen molar-refractivity contribution in [1.29, 1.82) is 0 Å². The minimum absolute atomic E-state index is 0.00497. The Kier molecular flexibility index (Phi) is 5.27. The van der Waals surface area contributed by atoms with Crippen molar-refractivity contribution in [3.05, 3.63) is 46.2 Å². The van der Waals surface area contributed by atoms with Gasteiger partial charge in [0.05, 0.1) is 12.0 Å². The molecular formula is C18H21NO4S2. The van der Waals surface area contributed by atoms with Crippen LogP contribution in [0.1, 0.15) is 28.8 Å². The van der Waals surface area contributed by atoms with Gasteiger partial charge in [-0.2, -0.15) is 15.6 Å². The molecule has 1 atom stereocenters. The second-order valence-electron chi connectivity index (χ2n) is 6.21. The third-order valence-corrected chi connectivity index (χ3v) is 7.28. The zero-order valence-electron chi connectivity index (χ0n) is 14.3. The van der Waals surface area contributed by atoms with E-state index >= 15 is 0 Å². The Hall–Kier alpha value is -1.70. The van der Waals surface area contributed by atoms with E-state index in [4.69, 9.17) is 4.74 Å². The highest BCUT2D eigenvalue weighted by Gasteiger charge is 2.34. The summed E-state index contributed by atoms with van der Waals surface area (Å²) in [7, 11) is -1.93. The summed E-state index contributed by atoms with van der Waals surface area (Å²) in [5.74, 6) is 0.402. The van der Waals surface area contributed by atoms with Crippen molar-refractivity contribution in [3.8, 4) is 5.75 Å². The van der Waals surface area contributed by atoms with Crippen LogP contribution in [-0.4, -0.2) is 38.7 Å². The van der Waals surface area contributed by atoms with E-state index in [0.29, 0.717) is 35.6 Å². The van der Waals surface area contributed by atoms with Gasteiger partial charge in [-0.15, -0.1) is 0 Å². The van der Waals surface area contributed by atoms with E-state index in [-0.39, 0.29) is 18.2 Å². The van der Waals surface area contributed by atoms with Crippen LogP contribution >= 0.6 is 11.3 Å². The van der Waals surface area contributed by atoms with Gasteiger partial charge in [0.25, 0.3) is 0 Å². The number of thiophene rings is 1. The van der Waals surface area contributed by atoms with Crippen LogP contribution in [0.3, 0.4) is 0 Å². The number of carbonyl (C=O) groups excluding carboxylic acids is 1. The summed E-state index contributed by atoms with van der Waals surface area (Å²) in [4.78, 5) is 13.2. The van der Waals surface area contributed by atoms with Gasteiger partial charge >= 0.3 is 0 Å². The molecule has 3 rings (SSSR count). The molecule has 0 bridgehead atoms.